The highest BCUT2D eigenvalue weighted by molar-refractivity contribution is 5.70. The van der Waals surface area contributed by atoms with Gasteiger partial charge in [0.1, 0.15) is 12.6 Å². The predicted molar refractivity (Wildman–Crippen MR) is 282 cm³/mol. The Morgan fingerprint density at radius 1 is 0.463 bits per heavy atom. The average Bonchev–Trinajstić information content (AvgIpc) is 3.29. The summed E-state index contributed by atoms with van der Waals surface area (Å²) in [6.07, 6.45) is 62.6. The van der Waals surface area contributed by atoms with E-state index in [1.165, 1.54) is 141 Å². The number of esters is 2. The third-order valence-corrected chi connectivity index (χ3v) is 12.4. The number of carboxylic acids is 1. The van der Waals surface area contributed by atoms with Crippen LogP contribution in [0.25, 0.3) is 0 Å². The SMILES string of the molecule is CC/C=C/C/C=C/C/C=C/C/C=C/CCCCCCCCCC(=O)OCC(COCCC(C(=O)[O-])[N+](C)(C)C)OC(=O)CCCCCCCCC/C=C/CCCCCCCCCCCCCC. The number of carboxylic acid groups (broad SMARTS) is 1. The third-order valence-electron chi connectivity index (χ3n) is 12.4. The van der Waals surface area contributed by atoms with Crippen LogP contribution >= 0.6 is 0 Å². The fourth-order valence-corrected chi connectivity index (χ4v) is 8.12. The third kappa shape index (κ3) is 47.9. The Bertz CT molecular complexity index is 1280. The molecule has 0 aromatic heterocycles. The molecule has 0 aromatic rings. The average molecular weight is 940 g/mol. The summed E-state index contributed by atoms with van der Waals surface area (Å²) >= 11 is 0. The van der Waals surface area contributed by atoms with Gasteiger partial charge >= 0.3 is 11.9 Å². The number of unbranched alkanes of at least 4 members (excludes halogenated alkanes) is 26. The molecule has 0 amide bonds. The van der Waals surface area contributed by atoms with Gasteiger partial charge in [-0.15, -0.1) is 0 Å². The molecule has 388 valence electrons. The standard InChI is InChI=1S/C59H105NO7/c1-6-8-10-12-14-16-18-20-22-24-26-28-29-30-32-34-36-38-40-42-44-46-48-50-58(62)67-55(53-65-52-51-56(59(63)64)60(3,4)5)54-66-57(61)49-47-45-43-41-39-37-35-33-31-27-25-23-21-19-17-15-13-11-9-7-2/h9,11,15,17,21,23,27,30-32,55-56H,6-8,10,12-14,16,18-20,22,24-26,28-29,33-54H2,1-5H3/b11-9+,17-15+,23-21+,31-27+,32-30+. The lowest BCUT2D eigenvalue weighted by Gasteiger charge is -2.34. The molecule has 0 fully saturated rings. The summed E-state index contributed by atoms with van der Waals surface area (Å²) in [7, 11) is 5.42. The maximum Gasteiger partial charge on any atom is 0.306 e. The van der Waals surface area contributed by atoms with Crippen molar-refractivity contribution in [2.45, 2.75) is 257 Å². The maximum absolute atomic E-state index is 12.8. The van der Waals surface area contributed by atoms with Gasteiger partial charge < -0.3 is 28.6 Å². The van der Waals surface area contributed by atoms with Gasteiger partial charge in [0, 0.05) is 19.3 Å². The van der Waals surface area contributed by atoms with E-state index in [1.807, 2.05) is 0 Å². The fourth-order valence-electron chi connectivity index (χ4n) is 8.12. The van der Waals surface area contributed by atoms with Gasteiger partial charge in [0.2, 0.25) is 0 Å². The fraction of sp³-hybridized carbons (Fsp3) is 0.780. The summed E-state index contributed by atoms with van der Waals surface area (Å²) in [6.45, 7) is 4.56. The van der Waals surface area contributed by atoms with Gasteiger partial charge in [-0.25, -0.2) is 0 Å². The highest BCUT2D eigenvalue weighted by Crippen LogP contribution is 2.16. The van der Waals surface area contributed by atoms with E-state index in [4.69, 9.17) is 14.2 Å². The number of carbonyl (C=O) groups is 3. The molecule has 0 aliphatic carbocycles. The second-order valence-corrected chi connectivity index (χ2v) is 19.8. The molecule has 0 saturated carbocycles. The Balaban J connectivity index is 4.21. The number of aliphatic carboxylic acids is 1. The number of ether oxygens (including phenoxy) is 3. The Morgan fingerprint density at radius 2 is 0.836 bits per heavy atom. The van der Waals surface area contributed by atoms with Gasteiger partial charge in [0.25, 0.3) is 0 Å². The summed E-state index contributed by atoms with van der Waals surface area (Å²) in [6, 6.07) is -0.731. The number of rotatable bonds is 50. The first-order chi connectivity index (χ1) is 32.6. The maximum atomic E-state index is 12.8. The molecular weight excluding hydrogens is 835 g/mol. The van der Waals surface area contributed by atoms with Crippen LogP contribution in [0, 0.1) is 0 Å². The summed E-state index contributed by atoms with van der Waals surface area (Å²) in [4.78, 5) is 37.1. The topological polar surface area (TPSA) is 102 Å². The molecule has 0 heterocycles. The molecule has 0 saturated heterocycles. The van der Waals surface area contributed by atoms with Gasteiger partial charge in [-0.3, -0.25) is 9.59 Å². The van der Waals surface area contributed by atoms with Crippen LogP contribution in [0.3, 0.4) is 0 Å². The first-order valence-corrected chi connectivity index (χ1v) is 27.8. The minimum Gasteiger partial charge on any atom is -0.544 e. The van der Waals surface area contributed by atoms with Crippen molar-refractivity contribution < 1.29 is 38.2 Å². The lowest BCUT2D eigenvalue weighted by atomic mass is 10.0. The Morgan fingerprint density at radius 3 is 1.25 bits per heavy atom. The van der Waals surface area contributed by atoms with E-state index in [9.17, 15) is 19.5 Å². The van der Waals surface area contributed by atoms with Gasteiger partial charge in [0.15, 0.2) is 6.10 Å². The Kier molecular flexibility index (Phi) is 47.3. The number of hydrogen-bond acceptors (Lipinski definition) is 7. The molecule has 0 rings (SSSR count). The van der Waals surface area contributed by atoms with Crippen molar-refractivity contribution in [2.24, 2.45) is 0 Å². The van der Waals surface area contributed by atoms with Gasteiger partial charge in [0.05, 0.1) is 40.3 Å². The van der Waals surface area contributed by atoms with Crippen molar-refractivity contribution in [1.82, 2.24) is 0 Å². The normalized spacial score (nSPS) is 13.3. The van der Waals surface area contributed by atoms with Crippen LogP contribution in [-0.4, -0.2) is 75.5 Å². The first kappa shape index (κ1) is 64.0. The zero-order valence-corrected chi connectivity index (χ0v) is 44.3. The Hall–Kier alpha value is -2.97. The number of allylic oxidation sites excluding steroid dienone is 10. The van der Waals surface area contributed by atoms with Gasteiger partial charge in [-0.2, -0.15) is 0 Å². The van der Waals surface area contributed by atoms with Crippen LogP contribution in [0.1, 0.15) is 245 Å². The van der Waals surface area contributed by atoms with E-state index in [1.54, 1.807) is 21.1 Å². The smallest absolute Gasteiger partial charge is 0.306 e. The van der Waals surface area contributed by atoms with Crippen molar-refractivity contribution in [3.63, 3.8) is 0 Å². The molecule has 0 radical (unpaired) electrons. The number of nitrogens with zero attached hydrogens (tertiary/aromatic N) is 1. The quantitative estimate of drug-likeness (QED) is 0.0259. The first-order valence-electron chi connectivity index (χ1n) is 27.8. The predicted octanol–water partition coefficient (Wildman–Crippen LogP) is 15.1. The van der Waals surface area contributed by atoms with E-state index in [-0.39, 0.29) is 42.7 Å². The molecule has 0 aliphatic heterocycles. The van der Waals surface area contributed by atoms with E-state index >= 15 is 0 Å². The van der Waals surface area contributed by atoms with Crippen LogP contribution < -0.4 is 5.11 Å². The molecule has 0 bridgehead atoms. The number of hydrogen-bond donors (Lipinski definition) is 0. The van der Waals surface area contributed by atoms with E-state index in [2.05, 4.69) is 74.6 Å². The van der Waals surface area contributed by atoms with Crippen LogP contribution in [0.15, 0.2) is 60.8 Å². The van der Waals surface area contributed by atoms with Crippen LogP contribution in [0.5, 0.6) is 0 Å². The second kappa shape index (κ2) is 49.5. The second-order valence-electron chi connectivity index (χ2n) is 19.8. The van der Waals surface area contributed by atoms with E-state index in [0.29, 0.717) is 12.8 Å². The van der Waals surface area contributed by atoms with Gasteiger partial charge in [-0.1, -0.05) is 209 Å². The molecule has 2 atom stereocenters. The molecule has 8 nitrogen and oxygen atoms in total. The van der Waals surface area contributed by atoms with Gasteiger partial charge in [-0.05, 0) is 77.0 Å². The van der Waals surface area contributed by atoms with Crippen LogP contribution in [0.4, 0.5) is 0 Å². The molecule has 0 N–H and O–H groups in total. The molecule has 2 unspecified atom stereocenters. The molecular formula is C59H105NO7. The monoisotopic (exact) mass is 940 g/mol. The van der Waals surface area contributed by atoms with E-state index in [0.717, 1.165) is 70.6 Å². The van der Waals surface area contributed by atoms with Crippen molar-refractivity contribution in [3.05, 3.63) is 60.8 Å². The molecule has 0 aliphatic rings. The molecule has 8 heteroatoms. The van der Waals surface area contributed by atoms with Crippen molar-refractivity contribution in [1.29, 1.82) is 0 Å². The number of quaternary nitrogens is 1. The lowest BCUT2D eigenvalue weighted by molar-refractivity contribution is -0.889. The summed E-state index contributed by atoms with van der Waals surface area (Å²) in [5.74, 6) is -1.75. The zero-order chi connectivity index (χ0) is 49.2. The summed E-state index contributed by atoms with van der Waals surface area (Å²) in [5, 5.41) is 11.7. The highest BCUT2D eigenvalue weighted by Gasteiger charge is 2.25. The molecule has 67 heavy (non-hydrogen) atoms. The van der Waals surface area contributed by atoms with Crippen LogP contribution in [0.2, 0.25) is 0 Å². The van der Waals surface area contributed by atoms with E-state index < -0.39 is 18.1 Å². The van der Waals surface area contributed by atoms with Crippen molar-refractivity contribution in [2.75, 3.05) is 41.0 Å². The number of likely N-dealkylation sites (N-methyl/N-ethyl adjacent to an activating group) is 1. The lowest BCUT2D eigenvalue weighted by Crippen LogP contribution is -2.55. The zero-order valence-electron chi connectivity index (χ0n) is 44.3. The highest BCUT2D eigenvalue weighted by atomic mass is 16.6. The Labute approximate surface area is 413 Å². The molecule has 0 aromatic carbocycles. The summed E-state index contributed by atoms with van der Waals surface area (Å²) in [5.41, 5.74) is 0. The van der Waals surface area contributed by atoms with Crippen molar-refractivity contribution >= 4 is 17.9 Å². The summed E-state index contributed by atoms with van der Waals surface area (Å²) < 4.78 is 17.3. The molecule has 0 spiro atoms. The van der Waals surface area contributed by atoms with Crippen LogP contribution in [-0.2, 0) is 28.6 Å². The minimum atomic E-state index is -1.13. The largest absolute Gasteiger partial charge is 0.544 e. The van der Waals surface area contributed by atoms with Crippen molar-refractivity contribution in [3.8, 4) is 0 Å². The minimum absolute atomic E-state index is 0.0345. The number of carbonyl (C=O) groups excluding carboxylic acids is 3.